The molecule has 5 rings (SSSR count). The minimum absolute atomic E-state index is 0.0293. The number of benzene rings is 2. The molecule has 7 nitrogen and oxygen atoms in total. The highest BCUT2D eigenvalue weighted by molar-refractivity contribution is 5.96. The second-order valence-corrected chi connectivity index (χ2v) is 10.7. The first-order chi connectivity index (χ1) is 19.5. The zero-order valence-corrected chi connectivity index (χ0v) is 23.5. The van der Waals surface area contributed by atoms with Gasteiger partial charge in [0, 0.05) is 48.9 Å². The average Bonchev–Trinajstić information content (AvgIpc) is 2.93. The first kappa shape index (κ1) is 28.0. The van der Waals surface area contributed by atoms with Crippen molar-refractivity contribution in [3.63, 3.8) is 0 Å². The Morgan fingerprint density at radius 3 is 2.56 bits per heavy atom. The van der Waals surface area contributed by atoms with E-state index in [-0.39, 0.29) is 34.6 Å². The summed E-state index contributed by atoms with van der Waals surface area (Å²) in [4.78, 5) is 34.5. The van der Waals surface area contributed by atoms with Gasteiger partial charge in [-0.1, -0.05) is 26.5 Å². The summed E-state index contributed by atoms with van der Waals surface area (Å²) in [5, 5.41) is 10.9. The van der Waals surface area contributed by atoms with Gasteiger partial charge in [-0.15, -0.1) is 0 Å². The van der Waals surface area contributed by atoms with E-state index >= 15 is 4.39 Å². The third-order valence-electron chi connectivity index (χ3n) is 7.69. The van der Waals surface area contributed by atoms with Crippen molar-refractivity contribution in [1.29, 1.82) is 0 Å². The second-order valence-electron chi connectivity index (χ2n) is 10.7. The third kappa shape index (κ3) is 4.85. The van der Waals surface area contributed by atoms with Crippen molar-refractivity contribution in [1.82, 2.24) is 14.5 Å². The molecule has 0 bridgehead atoms. The number of fused-ring (bicyclic) bond motifs is 1. The van der Waals surface area contributed by atoms with Gasteiger partial charge in [-0.25, -0.2) is 8.78 Å². The van der Waals surface area contributed by atoms with Gasteiger partial charge in [0.15, 0.2) is 0 Å². The number of hydrogen-bond donors (Lipinski definition) is 1. The van der Waals surface area contributed by atoms with E-state index < -0.39 is 17.4 Å². The van der Waals surface area contributed by atoms with E-state index in [2.05, 4.69) is 11.6 Å². The van der Waals surface area contributed by atoms with Crippen LogP contribution in [0.5, 0.6) is 5.75 Å². The lowest BCUT2D eigenvalue weighted by molar-refractivity contribution is -0.128. The van der Waals surface area contributed by atoms with Crippen molar-refractivity contribution in [3.8, 4) is 22.6 Å². The molecule has 1 aliphatic rings. The zero-order chi connectivity index (χ0) is 29.6. The number of aromatic hydroxyl groups is 1. The van der Waals surface area contributed by atoms with Gasteiger partial charge in [-0.05, 0) is 61.7 Å². The lowest BCUT2D eigenvalue weighted by atomic mass is 9.98. The van der Waals surface area contributed by atoms with Crippen molar-refractivity contribution in [2.45, 2.75) is 39.7 Å². The largest absolute Gasteiger partial charge is 0.507 e. The SMILES string of the molecule is C=CC(=O)N1CCN(c2cc(=O)n(-c3c(C)ccnc3C(C)C)c3cc(-c4c(O)cccc4F)c(F)cc23)CC1C. The molecule has 9 heteroatoms. The van der Waals surface area contributed by atoms with Crippen molar-refractivity contribution in [2.24, 2.45) is 0 Å². The summed E-state index contributed by atoms with van der Waals surface area (Å²) >= 11 is 0. The number of phenolic OH excluding ortho intramolecular Hbond substituents is 1. The monoisotopic (exact) mass is 558 g/mol. The first-order valence-corrected chi connectivity index (χ1v) is 13.5. The fraction of sp³-hybridized carbons (Fsp3) is 0.281. The van der Waals surface area contributed by atoms with Gasteiger partial charge in [0.1, 0.15) is 17.4 Å². The number of rotatable bonds is 5. The van der Waals surface area contributed by atoms with Gasteiger partial charge in [-0.3, -0.25) is 19.1 Å². The maximum Gasteiger partial charge on any atom is 0.257 e. The number of anilines is 1. The van der Waals surface area contributed by atoms with E-state index in [0.29, 0.717) is 47.6 Å². The highest BCUT2D eigenvalue weighted by Crippen LogP contribution is 2.39. The molecule has 2 aromatic carbocycles. The predicted octanol–water partition coefficient (Wildman–Crippen LogP) is 5.69. The van der Waals surface area contributed by atoms with Gasteiger partial charge in [0.25, 0.3) is 5.56 Å². The van der Waals surface area contributed by atoms with Crippen LogP contribution < -0.4 is 10.5 Å². The van der Waals surface area contributed by atoms with Crippen LogP contribution in [0.15, 0.2) is 66.1 Å². The quantitative estimate of drug-likeness (QED) is 0.319. The predicted molar refractivity (Wildman–Crippen MR) is 157 cm³/mol. The van der Waals surface area contributed by atoms with E-state index in [9.17, 15) is 19.1 Å². The van der Waals surface area contributed by atoms with Crippen LogP contribution in [-0.4, -0.2) is 51.1 Å². The number of halogens is 2. The molecule has 1 fully saturated rings. The molecule has 0 aliphatic carbocycles. The lowest BCUT2D eigenvalue weighted by Crippen LogP contribution is -2.54. The highest BCUT2D eigenvalue weighted by Gasteiger charge is 2.29. The number of pyridine rings is 2. The molecule has 1 unspecified atom stereocenters. The van der Waals surface area contributed by atoms with Gasteiger partial charge in [0.05, 0.1) is 28.1 Å². The summed E-state index contributed by atoms with van der Waals surface area (Å²) in [6.45, 7) is 12.5. The molecular weight excluding hydrogens is 526 g/mol. The Morgan fingerprint density at radius 2 is 1.90 bits per heavy atom. The van der Waals surface area contributed by atoms with E-state index in [1.165, 1.54) is 41.0 Å². The van der Waals surface area contributed by atoms with Gasteiger partial charge in [0.2, 0.25) is 5.91 Å². The number of carbonyl (C=O) groups excluding carboxylic acids is 1. The number of aromatic nitrogens is 2. The van der Waals surface area contributed by atoms with Gasteiger partial charge < -0.3 is 14.9 Å². The highest BCUT2D eigenvalue weighted by atomic mass is 19.1. The summed E-state index contributed by atoms with van der Waals surface area (Å²) in [6.07, 6.45) is 2.96. The van der Waals surface area contributed by atoms with E-state index in [1.54, 1.807) is 17.2 Å². The molecule has 212 valence electrons. The van der Waals surface area contributed by atoms with Crippen molar-refractivity contribution >= 4 is 22.5 Å². The Balaban J connectivity index is 1.82. The molecule has 1 N–H and O–H groups in total. The van der Waals surface area contributed by atoms with E-state index in [0.717, 1.165) is 11.6 Å². The number of hydrogen-bond acceptors (Lipinski definition) is 5. The maximum absolute atomic E-state index is 15.9. The molecule has 0 saturated carbocycles. The Bertz CT molecular complexity index is 1730. The third-order valence-corrected chi connectivity index (χ3v) is 7.69. The molecule has 41 heavy (non-hydrogen) atoms. The fourth-order valence-corrected chi connectivity index (χ4v) is 5.70. The van der Waals surface area contributed by atoms with E-state index in [1.807, 2.05) is 32.6 Å². The number of phenols is 1. The van der Waals surface area contributed by atoms with Gasteiger partial charge in [-0.2, -0.15) is 0 Å². The zero-order valence-electron chi connectivity index (χ0n) is 23.5. The summed E-state index contributed by atoms with van der Waals surface area (Å²) in [6, 6.07) is 9.59. The normalized spacial score (nSPS) is 15.5. The minimum Gasteiger partial charge on any atom is -0.507 e. The molecule has 1 aliphatic heterocycles. The van der Waals surface area contributed by atoms with Crippen molar-refractivity contribution < 1.29 is 18.7 Å². The first-order valence-electron chi connectivity index (χ1n) is 13.5. The summed E-state index contributed by atoms with van der Waals surface area (Å²) in [5.74, 6) is -2.15. The van der Waals surface area contributed by atoms with E-state index in [4.69, 9.17) is 0 Å². The number of aryl methyl sites for hydroxylation is 1. The van der Waals surface area contributed by atoms with Crippen LogP contribution in [0.25, 0.3) is 27.7 Å². The fourth-order valence-electron chi connectivity index (χ4n) is 5.70. The molecule has 1 saturated heterocycles. The van der Waals surface area contributed by atoms with Crippen LogP contribution in [0.3, 0.4) is 0 Å². The molecule has 3 heterocycles. The maximum atomic E-state index is 15.9. The summed E-state index contributed by atoms with van der Waals surface area (Å²) in [5.41, 5.74) is 2.11. The second kappa shape index (κ2) is 10.8. The van der Waals surface area contributed by atoms with Crippen LogP contribution >= 0.6 is 0 Å². The van der Waals surface area contributed by atoms with Crippen molar-refractivity contribution in [3.05, 3.63) is 94.6 Å². The Hall–Kier alpha value is -4.53. The molecule has 4 aromatic rings. The number of nitrogens with zero attached hydrogens (tertiary/aromatic N) is 4. The Morgan fingerprint density at radius 1 is 1.15 bits per heavy atom. The number of carbonyl (C=O) groups is 1. The van der Waals surface area contributed by atoms with Crippen LogP contribution in [0.2, 0.25) is 0 Å². The molecular formula is C32H32F2N4O3. The van der Waals surface area contributed by atoms with Crippen LogP contribution in [0.1, 0.15) is 37.9 Å². The molecule has 2 aromatic heterocycles. The number of amides is 1. The Labute approximate surface area is 237 Å². The molecule has 0 spiro atoms. The minimum atomic E-state index is -0.787. The average molecular weight is 559 g/mol. The standard InChI is InChI=1S/C32H32F2N4O3/c1-6-28(40)37-13-12-36(17-20(37)5)25-16-29(41)38(32-19(4)10-11-35-31(32)18(2)3)26-15-21(24(34)14-22(25)26)30-23(33)8-7-9-27(30)39/h6-11,14-16,18,20,39H,1,12-13,17H2,2-5H3. The summed E-state index contributed by atoms with van der Waals surface area (Å²) in [7, 11) is 0. The summed E-state index contributed by atoms with van der Waals surface area (Å²) < 4.78 is 32.3. The topological polar surface area (TPSA) is 78.7 Å². The molecule has 1 atom stereocenters. The smallest absolute Gasteiger partial charge is 0.257 e. The number of piperazine rings is 1. The molecule has 0 radical (unpaired) electrons. The van der Waals surface area contributed by atoms with Crippen LogP contribution in [-0.2, 0) is 4.79 Å². The van der Waals surface area contributed by atoms with Crippen LogP contribution in [0.4, 0.5) is 14.5 Å². The van der Waals surface area contributed by atoms with Crippen LogP contribution in [0, 0.1) is 18.6 Å². The molecule has 1 amide bonds. The van der Waals surface area contributed by atoms with Gasteiger partial charge >= 0.3 is 0 Å². The lowest BCUT2D eigenvalue weighted by Gasteiger charge is -2.41. The Kier molecular flexibility index (Phi) is 7.38. The van der Waals surface area contributed by atoms with Crippen molar-refractivity contribution in [2.75, 3.05) is 24.5 Å².